The summed E-state index contributed by atoms with van der Waals surface area (Å²) in [5, 5.41) is 11.0. The number of aliphatic hydroxyl groups excluding tert-OH is 1. The van der Waals surface area contributed by atoms with Crippen molar-refractivity contribution in [1.29, 1.82) is 0 Å². The number of ketones is 1. The summed E-state index contributed by atoms with van der Waals surface area (Å²) in [6.45, 7) is 4.23. The van der Waals surface area contributed by atoms with Gasteiger partial charge in [0.2, 0.25) is 0 Å². The maximum atomic E-state index is 13.3. The number of furan rings is 1. The number of hydrogen-bond acceptors (Lipinski definition) is 4. The molecule has 1 aliphatic rings. The van der Waals surface area contributed by atoms with Crippen molar-refractivity contribution >= 4 is 17.4 Å². The Morgan fingerprint density at radius 2 is 1.74 bits per heavy atom. The van der Waals surface area contributed by atoms with Crippen LogP contribution in [0.3, 0.4) is 0 Å². The number of carbonyl (C=O) groups is 2. The predicted molar refractivity (Wildman–Crippen MR) is 113 cm³/mol. The van der Waals surface area contributed by atoms with Crippen LogP contribution in [0.1, 0.15) is 48.3 Å². The largest absolute Gasteiger partial charge is 0.507 e. The fraction of sp³-hybridized carbons (Fsp3) is 0.200. The molecule has 0 bridgehead atoms. The summed E-state index contributed by atoms with van der Waals surface area (Å²) in [4.78, 5) is 27.3. The van der Waals surface area contributed by atoms with E-state index in [1.54, 1.807) is 12.1 Å². The Morgan fingerprint density at radius 1 is 1.06 bits per heavy atom. The summed E-state index contributed by atoms with van der Waals surface area (Å²) < 4.78 is 18.7. The molecule has 1 N–H and O–H groups in total. The highest BCUT2D eigenvalue weighted by molar-refractivity contribution is 6.46. The third kappa shape index (κ3) is 3.89. The molecular formula is C25H22FNO4. The summed E-state index contributed by atoms with van der Waals surface area (Å²) in [6, 6.07) is 15.4. The van der Waals surface area contributed by atoms with Crippen LogP contribution in [-0.2, 0) is 16.1 Å². The first-order valence-corrected chi connectivity index (χ1v) is 10.0. The fourth-order valence-corrected chi connectivity index (χ4v) is 3.79. The molecule has 1 atom stereocenters. The van der Waals surface area contributed by atoms with Gasteiger partial charge in [-0.15, -0.1) is 0 Å². The second kappa shape index (κ2) is 8.22. The van der Waals surface area contributed by atoms with Crippen LogP contribution in [0.25, 0.3) is 5.76 Å². The highest BCUT2D eigenvalue weighted by Gasteiger charge is 2.46. The van der Waals surface area contributed by atoms with Gasteiger partial charge in [0.25, 0.3) is 11.7 Å². The van der Waals surface area contributed by atoms with E-state index in [1.165, 1.54) is 35.4 Å². The van der Waals surface area contributed by atoms with Crippen molar-refractivity contribution < 1.29 is 23.5 Å². The molecule has 1 aromatic heterocycles. The Morgan fingerprint density at radius 3 is 2.32 bits per heavy atom. The summed E-state index contributed by atoms with van der Waals surface area (Å²) in [5.74, 6) is -1.46. The Hall–Kier alpha value is -3.67. The van der Waals surface area contributed by atoms with Crippen molar-refractivity contribution in [1.82, 2.24) is 4.90 Å². The second-order valence-corrected chi connectivity index (χ2v) is 7.83. The van der Waals surface area contributed by atoms with Crippen molar-refractivity contribution in [3.63, 3.8) is 0 Å². The number of rotatable bonds is 5. The van der Waals surface area contributed by atoms with Crippen LogP contribution in [0.2, 0.25) is 0 Å². The van der Waals surface area contributed by atoms with Crippen LogP contribution < -0.4 is 0 Å². The van der Waals surface area contributed by atoms with Crippen LogP contribution >= 0.6 is 0 Å². The van der Waals surface area contributed by atoms with Gasteiger partial charge in [-0.05, 0) is 53.4 Å². The van der Waals surface area contributed by atoms with E-state index in [4.69, 9.17) is 4.42 Å². The first-order chi connectivity index (χ1) is 14.9. The number of carbonyl (C=O) groups excluding carboxylic acids is 2. The average Bonchev–Trinajstić information content (AvgIpc) is 3.36. The maximum Gasteiger partial charge on any atom is 0.296 e. The van der Waals surface area contributed by atoms with E-state index in [9.17, 15) is 19.1 Å². The van der Waals surface area contributed by atoms with E-state index in [2.05, 4.69) is 13.8 Å². The Labute approximate surface area is 179 Å². The molecule has 3 aromatic rings. The van der Waals surface area contributed by atoms with Gasteiger partial charge in [0.15, 0.2) is 0 Å². The molecule has 158 valence electrons. The van der Waals surface area contributed by atoms with E-state index >= 15 is 0 Å². The molecule has 1 fully saturated rings. The molecule has 31 heavy (non-hydrogen) atoms. The van der Waals surface area contributed by atoms with Crippen LogP contribution in [0, 0.1) is 5.82 Å². The molecule has 0 radical (unpaired) electrons. The fourth-order valence-electron chi connectivity index (χ4n) is 3.79. The molecule has 1 aliphatic heterocycles. The molecular weight excluding hydrogens is 397 g/mol. The normalized spacial score (nSPS) is 18.2. The number of Topliss-reactive ketones (excluding diaryl/α,β-unsaturated/α-hetero) is 1. The van der Waals surface area contributed by atoms with Crippen LogP contribution in [-0.4, -0.2) is 21.7 Å². The molecule has 2 heterocycles. The topological polar surface area (TPSA) is 70.8 Å². The van der Waals surface area contributed by atoms with Crippen molar-refractivity contribution in [2.24, 2.45) is 0 Å². The monoisotopic (exact) mass is 419 g/mol. The molecule has 1 amide bonds. The minimum atomic E-state index is -0.795. The number of benzene rings is 2. The number of nitrogens with zero attached hydrogens (tertiary/aromatic N) is 1. The number of aliphatic hydroxyl groups is 1. The molecule has 5 nitrogen and oxygen atoms in total. The molecule has 2 aromatic carbocycles. The Bertz CT molecular complexity index is 1130. The van der Waals surface area contributed by atoms with Gasteiger partial charge in [-0.25, -0.2) is 4.39 Å². The highest BCUT2D eigenvalue weighted by atomic mass is 19.1. The minimum Gasteiger partial charge on any atom is -0.507 e. The number of likely N-dealkylation sites (tertiary alicyclic amines) is 1. The molecule has 6 heteroatoms. The van der Waals surface area contributed by atoms with Crippen molar-refractivity contribution in [3.8, 4) is 0 Å². The van der Waals surface area contributed by atoms with Gasteiger partial charge in [0, 0.05) is 5.56 Å². The second-order valence-electron chi connectivity index (χ2n) is 7.83. The van der Waals surface area contributed by atoms with E-state index in [0.29, 0.717) is 17.2 Å². The summed E-state index contributed by atoms with van der Waals surface area (Å²) >= 11 is 0. The molecule has 0 spiro atoms. The van der Waals surface area contributed by atoms with E-state index in [1.807, 2.05) is 24.3 Å². The quantitative estimate of drug-likeness (QED) is 0.352. The summed E-state index contributed by atoms with van der Waals surface area (Å²) in [5.41, 5.74) is 2.05. The van der Waals surface area contributed by atoms with Crippen molar-refractivity contribution in [2.75, 3.05) is 0 Å². The van der Waals surface area contributed by atoms with Gasteiger partial charge in [0.1, 0.15) is 17.3 Å². The van der Waals surface area contributed by atoms with Gasteiger partial charge in [-0.1, -0.05) is 38.1 Å². The van der Waals surface area contributed by atoms with Crippen molar-refractivity contribution in [3.05, 3.63) is 101 Å². The Balaban J connectivity index is 1.84. The van der Waals surface area contributed by atoms with Gasteiger partial charge in [-0.2, -0.15) is 0 Å². The number of amides is 1. The zero-order valence-corrected chi connectivity index (χ0v) is 17.2. The average molecular weight is 419 g/mol. The summed E-state index contributed by atoms with van der Waals surface area (Å²) in [7, 11) is 0. The van der Waals surface area contributed by atoms with Crippen LogP contribution in [0.15, 0.2) is 76.9 Å². The maximum absolute atomic E-state index is 13.3. The lowest BCUT2D eigenvalue weighted by atomic mass is 9.93. The summed E-state index contributed by atoms with van der Waals surface area (Å²) in [6.07, 6.45) is 1.50. The highest BCUT2D eigenvalue weighted by Crippen LogP contribution is 2.40. The van der Waals surface area contributed by atoms with E-state index < -0.39 is 23.5 Å². The predicted octanol–water partition coefficient (Wildman–Crippen LogP) is 5.16. The number of hydrogen-bond donors (Lipinski definition) is 1. The minimum absolute atomic E-state index is 0.0274. The lowest BCUT2D eigenvalue weighted by molar-refractivity contribution is -0.140. The molecule has 0 aliphatic carbocycles. The van der Waals surface area contributed by atoms with Gasteiger partial charge in [0.05, 0.1) is 24.4 Å². The first kappa shape index (κ1) is 20.6. The third-order valence-electron chi connectivity index (χ3n) is 5.48. The Kier molecular flexibility index (Phi) is 5.46. The SMILES string of the molecule is CC(C)c1ccc([C@H]2C(=C(O)c3ccc(F)cc3)C(=O)C(=O)N2Cc2ccco2)cc1. The zero-order chi connectivity index (χ0) is 22.1. The van der Waals surface area contributed by atoms with E-state index in [-0.39, 0.29) is 23.4 Å². The lowest BCUT2D eigenvalue weighted by Crippen LogP contribution is -2.29. The molecule has 0 unspecified atom stereocenters. The van der Waals surface area contributed by atoms with Crippen molar-refractivity contribution in [2.45, 2.75) is 32.4 Å². The van der Waals surface area contributed by atoms with Crippen LogP contribution in [0.4, 0.5) is 4.39 Å². The van der Waals surface area contributed by atoms with Gasteiger partial charge >= 0.3 is 0 Å². The first-order valence-electron chi connectivity index (χ1n) is 10.0. The number of halogens is 1. The van der Waals surface area contributed by atoms with E-state index in [0.717, 1.165) is 5.56 Å². The zero-order valence-electron chi connectivity index (χ0n) is 17.2. The molecule has 0 saturated carbocycles. The smallest absolute Gasteiger partial charge is 0.296 e. The third-order valence-corrected chi connectivity index (χ3v) is 5.48. The standard InChI is InChI=1S/C25H22FNO4/c1-15(2)16-5-7-17(8-6-16)22-21(23(28)18-9-11-19(26)12-10-18)24(29)25(30)27(22)14-20-4-3-13-31-20/h3-13,15,22,28H,14H2,1-2H3/t22-/m0/s1. The molecule has 1 saturated heterocycles. The van der Waals surface area contributed by atoms with Gasteiger partial charge in [-0.3, -0.25) is 9.59 Å². The van der Waals surface area contributed by atoms with Gasteiger partial charge < -0.3 is 14.4 Å². The lowest BCUT2D eigenvalue weighted by Gasteiger charge is -2.25. The molecule has 4 rings (SSSR count). The van der Waals surface area contributed by atoms with Crippen LogP contribution in [0.5, 0.6) is 0 Å².